The summed E-state index contributed by atoms with van der Waals surface area (Å²) >= 11 is 0. The first-order chi connectivity index (χ1) is 19.4. The number of aliphatic carboxylic acids is 1. The quantitative estimate of drug-likeness (QED) is 0.273. The van der Waals surface area contributed by atoms with Gasteiger partial charge in [0.05, 0.1) is 18.7 Å². The number of carboxylic acid groups (broad SMARTS) is 1. The molecule has 0 spiro atoms. The minimum atomic E-state index is -1.06. The van der Waals surface area contributed by atoms with Crippen LogP contribution in [-0.4, -0.2) is 46.6 Å². The second kappa shape index (κ2) is 11.2. The third-order valence-electron chi connectivity index (χ3n) is 8.66. The lowest BCUT2D eigenvalue weighted by molar-refractivity contribution is -0.136. The van der Waals surface area contributed by atoms with E-state index in [0.717, 1.165) is 35.7 Å². The molecule has 2 fully saturated rings. The molecule has 1 saturated carbocycles. The predicted octanol–water partition coefficient (Wildman–Crippen LogP) is 5.80. The Morgan fingerprint density at radius 2 is 1.70 bits per heavy atom. The van der Waals surface area contributed by atoms with Crippen molar-refractivity contribution < 1.29 is 23.8 Å². The highest BCUT2D eigenvalue weighted by atomic mass is 16.5. The summed E-state index contributed by atoms with van der Waals surface area (Å²) in [6, 6.07) is 17.0. The Bertz CT molecular complexity index is 1420. The van der Waals surface area contributed by atoms with E-state index >= 15 is 0 Å². The summed E-state index contributed by atoms with van der Waals surface area (Å²) in [7, 11) is 0. The van der Waals surface area contributed by atoms with Crippen LogP contribution in [0.25, 0.3) is 17.5 Å². The summed E-state index contributed by atoms with van der Waals surface area (Å²) < 4.78 is 11.7. The second-order valence-corrected chi connectivity index (χ2v) is 11.1. The van der Waals surface area contributed by atoms with E-state index in [-0.39, 0.29) is 17.9 Å². The highest BCUT2D eigenvalue weighted by molar-refractivity contribution is 5.98. The number of carboxylic acids is 1. The van der Waals surface area contributed by atoms with Gasteiger partial charge in [-0.2, -0.15) is 0 Å². The van der Waals surface area contributed by atoms with E-state index < -0.39 is 5.97 Å². The van der Waals surface area contributed by atoms with Crippen molar-refractivity contribution >= 4 is 18.0 Å². The monoisotopic (exact) mass is 538 g/mol. The van der Waals surface area contributed by atoms with Crippen LogP contribution in [0.4, 0.5) is 0 Å². The number of likely N-dealkylation sites (tertiary alicyclic amines) is 1. The highest BCUT2D eigenvalue weighted by Crippen LogP contribution is 2.48. The number of rotatable bonds is 9. The van der Waals surface area contributed by atoms with Gasteiger partial charge in [0, 0.05) is 30.6 Å². The lowest BCUT2D eigenvalue weighted by Crippen LogP contribution is -2.35. The van der Waals surface area contributed by atoms with Gasteiger partial charge in [-0.25, -0.2) is 9.78 Å². The largest absolute Gasteiger partial charge is 0.493 e. The molecule has 7 heteroatoms. The third-order valence-corrected chi connectivity index (χ3v) is 8.66. The Morgan fingerprint density at radius 3 is 2.33 bits per heavy atom. The number of hydrogen-bond donors (Lipinski definition) is 1. The summed E-state index contributed by atoms with van der Waals surface area (Å²) in [5.74, 6) is 3.07. The fourth-order valence-electron chi connectivity index (χ4n) is 6.49. The molecule has 2 aromatic carbocycles. The van der Waals surface area contributed by atoms with E-state index in [9.17, 15) is 14.7 Å². The number of fused-ring (bicyclic) bond motifs is 1. The van der Waals surface area contributed by atoms with Crippen LogP contribution in [0.1, 0.15) is 36.3 Å². The van der Waals surface area contributed by atoms with E-state index in [0.29, 0.717) is 48.3 Å². The topological polar surface area (TPSA) is 92.9 Å². The van der Waals surface area contributed by atoms with Gasteiger partial charge < -0.3 is 19.2 Å². The van der Waals surface area contributed by atoms with Gasteiger partial charge in [0.1, 0.15) is 11.5 Å². The van der Waals surface area contributed by atoms with Crippen molar-refractivity contribution in [1.82, 2.24) is 9.88 Å². The number of ether oxygens (including phenoxy) is 1. The summed E-state index contributed by atoms with van der Waals surface area (Å²) in [5, 5.41) is 9.82. The summed E-state index contributed by atoms with van der Waals surface area (Å²) in [4.78, 5) is 31.6. The van der Waals surface area contributed by atoms with Crippen LogP contribution in [0, 0.1) is 30.6 Å². The zero-order valence-corrected chi connectivity index (χ0v) is 22.7. The fraction of sp³-hybridized carbons (Fsp3) is 0.364. The van der Waals surface area contributed by atoms with Gasteiger partial charge >= 0.3 is 5.97 Å². The minimum absolute atomic E-state index is 0.0963. The number of nitrogens with zero attached hydrogens (tertiary/aromatic N) is 2. The fourth-order valence-corrected chi connectivity index (χ4v) is 6.49. The molecule has 3 aromatic rings. The first kappa shape index (κ1) is 26.1. The molecule has 1 aromatic heterocycles. The van der Waals surface area contributed by atoms with Crippen molar-refractivity contribution in [3.05, 3.63) is 89.3 Å². The first-order valence-electron chi connectivity index (χ1n) is 14.1. The molecule has 1 N–H and O–H groups in total. The van der Waals surface area contributed by atoms with Gasteiger partial charge in [-0.15, -0.1) is 0 Å². The Morgan fingerprint density at radius 1 is 1.02 bits per heavy atom. The average Bonchev–Trinajstić information content (AvgIpc) is 3.60. The number of oxazole rings is 1. The van der Waals surface area contributed by atoms with E-state index in [4.69, 9.17) is 9.15 Å². The minimum Gasteiger partial charge on any atom is -0.493 e. The van der Waals surface area contributed by atoms with Crippen molar-refractivity contribution in [3.8, 4) is 17.2 Å². The average molecular weight is 539 g/mol. The molecular formula is C33H34N2O5. The number of amides is 1. The maximum Gasteiger partial charge on any atom is 0.332 e. The van der Waals surface area contributed by atoms with Gasteiger partial charge in [0.15, 0.2) is 0 Å². The molecule has 2 heterocycles. The number of hydrogen-bond acceptors (Lipinski definition) is 5. The van der Waals surface area contributed by atoms with Gasteiger partial charge in [-0.1, -0.05) is 42.5 Å². The summed E-state index contributed by atoms with van der Waals surface area (Å²) in [6.45, 7) is 3.82. The number of allylic oxidation sites excluding steroid dienone is 2. The molecular weight excluding hydrogens is 504 g/mol. The molecule has 4 atom stereocenters. The molecule has 40 heavy (non-hydrogen) atoms. The molecule has 0 radical (unpaired) electrons. The highest BCUT2D eigenvalue weighted by Gasteiger charge is 2.46. The van der Waals surface area contributed by atoms with E-state index in [2.05, 4.69) is 17.1 Å². The molecule has 4 aliphatic rings. The zero-order valence-electron chi connectivity index (χ0n) is 22.7. The van der Waals surface area contributed by atoms with Crippen LogP contribution >= 0.6 is 0 Å². The maximum atomic E-state index is 13.1. The number of benzene rings is 2. The summed E-state index contributed by atoms with van der Waals surface area (Å²) in [6.07, 6.45) is 9.16. The third kappa shape index (κ3) is 5.46. The van der Waals surface area contributed by atoms with Gasteiger partial charge in [0.25, 0.3) is 0 Å². The van der Waals surface area contributed by atoms with Crippen molar-refractivity contribution in [2.24, 2.45) is 23.7 Å². The number of carbonyl (C=O) groups excluding carboxylic acids is 1. The van der Waals surface area contributed by atoms with Crippen LogP contribution in [0.15, 0.2) is 76.7 Å². The number of aromatic nitrogens is 1. The SMILES string of the molecule is Cc1oc(-c2ccccc2)nc1CCOc1ccc(/C=C(\CC(=O)N2CC3C4C=CC(CC4)C3C2)C(=O)O)cc1. The van der Waals surface area contributed by atoms with Crippen molar-refractivity contribution in [1.29, 1.82) is 0 Å². The molecule has 1 saturated heterocycles. The van der Waals surface area contributed by atoms with Crippen LogP contribution in [0.5, 0.6) is 5.75 Å². The molecule has 2 bridgehead atoms. The van der Waals surface area contributed by atoms with Crippen molar-refractivity contribution in [3.63, 3.8) is 0 Å². The smallest absolute Gasteiger partial charge is 0.332 e. The second-order valence-electron chi connectivity index (χ2n) is 11.1. The van der Waals surface area contributed by atoms with E-state index in [1.165, 1.54) is 12.8 Å². The van der Waals surface area contributed by atoms with E-state index in [1.807, 2.05) is 66.4 Å². The molecule has 1 amide bonds. The van der Waals surface area contributed by atoms with Crippen molar-refractivity contribution in [2.75, 3.05) is 19.7 Å². The number of carbonyl (C=O) groups is 2. The summed E-state index contributed by atoms with van der Waals surface area (Å²) in [5.41, 5.74) is 2.61. The Kier molecular flexibility index (Phi) is 7.29. The van der Waals surface area contributed by atoms with Crippen LogP contribution < -0.4 is 4.74 Å². The molecule has 7 nitrogen and oxygen atoms in total. The van der Waals surface area contributed by atoms with Crippen LogP contribution in [0.2, 0.25) is 0 Å². The first-order valence-corrected chi connectivity index (χ1v) is 14.1. The van der Waals surface area contributed by atoms with Crippen LogP contribution in [0.3, 0.4) is 0 Å². The lowest BCUT2D eigenvalue weighted by atomic mass is 9.64. The maximum absolute atomic E-state index is 13.1. The standard InChI is InChI=1S/C33H34N2O5/c1-21-30(34-32(40-21)25-5-3-2-4-6-25)15-16-39-27-13-7-22(8-14-27)17-26(33(37)38)18-31(36)35-19-28-23-9-10-24(12-11-23)29(28)20-35/h2-10,13-14,17,23-24,28-29H,11-12,15-16,18-20H2,1H3,(H,37,38)/b26-17+. The lowest BCUT2D eigenvalue weighted by Gasteiger charge is -2.40. The molecule has 1 aliphatic heterocycles. The van der Waals surface area contributed by atoms with E-state index in [1.54, 1.807) is 6.08 Å². The zero-order chi connectivity index (χ0) is 27.6. The molecule has 3 aliphatic carbocycles. The molecule has 7 rings (SSSR count). The van der Waals surface area contributed by atoms with Gasteiger partial charge in [0.2, 0.25) is 11.8 Å². The molecule has 206 valence electrons. The van der Waals surface area contributed by atoms with Crippen LogP contribution in [-0.2, 0) is 16.0 Å². The Labute approximate surface area is 234 Å². The van der Waals surface area contributed by atoms with Gasteiger partial charge in [-0.05, 0) is 79.3 Å². The normalized spacial score (nSPS) is 23.3. The van der Waals surface area contributed by atoms with Crippen molar-refractivity contribution in [2.45, 2.75) is 32.6 Å². The molecule has 4 unspecified atom stereocenters. The predicted molar refractivity (Wildman–Crippen MR) is 151 cm³/mol. The Balaban J connectivity index is 1.03. The Hall–Kier alpha value is -4.13. The van der Waals surface area contributed by atoms with Gasteiger partial charge in [-0.3, -0.25) is 4.79 Å². The number of aryl methyl sites for hydroxylation is 1.